The molecule has 196 valence electrons. The highest BCUT2D eigenvalue weighted by atomic mass is 32.2. The molecule has 1 atom stereocenters. The average Bonchev–Trinajstić information content (AvgIpc) is 3.25. The topological polar surface area (TPSA) is 145 Å². The summed E-state index contributed by atoms with van der Waals surface area (Å²) in [7, 11) is 0. The molecule has 5 aromatic rings. The van der Waals surface area contributed by atoms with E-state index in [4.69, 9.17) is 5.73 Å². The Balaban J connectivity index is 1.63. The fraction of sp³-hybridized carbons (Fsp3) is 0.208. The molecule has 4 N–H and O–H groups in total. The zero-order valence-corrected chi connectivity index (χ0v) is 20.3. The number of rotatable bonds is 7. The Morgan fingerprint density at radius 1 is 1.08 bits per heavy atom. The Morgan fingerprint density at radius 2 is 1.87 bits per heavy atom. The molecule has 0 fully saturated rings. The van der Waals surface area contributed by atoms with E-state index in [1.54, 1.807) is 28.8 Å². The number of halogens is 3. The number of para-hydroxylation sites is 1. The van der Waals surface area contributed by atoms with Gasteiger partial charge in [0.2, 0.25) is 0 Å². The lowest BCUT2D eigenvalue weighted by Crippen LogP contribution is -2.24. The standard InChI is InChI=1S/C24H20F3N7O3S/c25-24(26,27)13-4-3-5-14(8-13)34-18(31-17-7-2-1-6-16(17)22(34)37)11-38-23-32-21-19(20(28)29-12-30-21)33(23)9-15(36)10-35/h1-8,12,15,35-36H,9-11H2,(H2,28,29,30). The molecule has 3 aromatic heterocycles. The van der Waals surface area contributed by atoms with Gasteiger partial charge < -0.3 is 20.5 Å². The molecule has 38 heavy (non-hydrogen) atoms. The maximum Gasteiger partial charge on any atom is 0.416 e. The van der Waals surface area contributed by atoms with Crippen molar-refractivity contribution < 1.29 is 23.4 Å². The van der Waals surface area contributed by atoms with Crippen molar-refractivity contribution in [2.45, 2.75) is 29.7 Å². The number of benzene rings is 2. The normalized spacial score (nSPS) is 12.9. The lowest BCUT2D eigenvalue weighted by molar-refractivity contribution is -0.137. The third-order valence-electron chi connectivity index (χ3n) is 5.74. The second-order valence-corrected chi connectivity index (χ2v) is 9.24. The molecule has 14 heteroatoms. The monoisotopic (exact) mass is 543 g/mol. The molecule has 10 nitrogen and oxygen atoms in total. The number of fused-ring (bicyclic) bond motifs is 2. The maximum absolute atomic E-state index is 13.5. The van der Waals surface area contributed by atoms with Crippen LogP contribution in [0.15, 0.2) is 64.8 Å². The van der Waals surface area contributed by atoms with Crippen LogP contribution in [-0.2, 0) is 18.5 Å². The first kappa shape index (κ1) is 25.6. The molecule has 0 amide bonds. The first-order valence-electron chi connectivity index (χ1n) is 11.2. The number of aromatic nitrogens is 6. The fourth-order valence-electron chi connectivity index (χ4n) is 4.01. The lowest BCUT2D eigenvalue weighted by Gasteiger charge is -2.16. The second-order valence-electron chi connectivity index (χ2n) is 8.30. The number of nitrogen functional groups attached to an aromatic ring is 1. The van der Waals surface area contributed by atoms with Crippen LogP contribution in [0.2, 0.25) is 0 Å². The fourth-order valence-corrected chi connectivity index (χ4v) is 4.93. The molecule has 2 aromatic carbocycles. The van der Waals surface area contributed by atoms with Crippen LogP contribution >= 0.6 is 11.8 Å². The molecular weight excluding hydrogens is 523 g/mol. The molecule has 0 aliphatic rings. The highest BCUT2D eigenvalue weighted by Gasteiger charge is 2.31. The molecule has 5 rings (SSSR count). The minimum atomic E-state index is -4.60. The average molecular weight is 544 g/mol. The van der Waals surface area contributed by atoms with Gasteiger partial charge in [-0.1, -0.05) is 30.0 Å². The van der Waals surface area contributed by atoms with Crippen molar-refractivity contribution in [1.82, 2.24) is 29.1 Å². The largest absolute Gasteiger partial charge is 0.416 e. The Hall–Kier alpha value is -4.01. The van der Waals surface area contributed by atoms with Gasteiger partial charge in [0, 0.05) is 0 Å². The first-order valence-corrected chi connectivity index (χ1v) is 12.2. The smallest absolute Gasteiger partial charge is 0.394 e. The van der Waals surface area contributed by atoms with Gasteiger partial charge in [-0.2, -0.15) is 13.2 Å². The predicted molar refractivity (Wildman–Crippen MR) is 135 cm³/mol. The number of anilines is 1. The summed E-state index contributed by atoms with van der Waals surface area (Å²) in [5, 5.41) is 20.0. The van der Waals surface area contributed by atoms with Gasteiger partial charge in [0.1, 0.15) is 17.7 Å². The van der Waals surface area contributed by atoms with Gasteiger partial charge in [-0.25, -0.2) is 19.9 Å². The van der Waals surface area contributed by atoms with Gasteiger partial charge >= 0.3 is 6.18 Å². The maximum atomic E-state index is 13.5. The summed E-state index contributed by atoms with van der Waals surface area (Å²) in [5.41, 5.74) is 5.59. The molecule has 0 spiro atoms. The second kappa shape index (κ2) is 10.0. The summed E-state index contributed by atoms with van der Waals surface area (Å²) in [6.45, 7) is -0.586. The van der Waals surface area contributed by atoms with E-state index >= 15 is 0 Å². The molecule has 0 aliphatic carbocycles. The van der Waals surface area contributed by atoms with Gasteiger partial charge in [0.15, 0.2) is 16.6 Å². The Kier molecular flexibility index (Phi) is 6.77. The molecular formula is C24H20F3N7O3S. The zero-order valence-electron chi connectivity index (χ0n) is 19.5. The van der Waals surface area contributed by atoms with Crippen LogP contribution in [-0.4, -0.2) is 52.0 Å². The Labute approximate surface area is 216 Å². The molecule has 3 heterocycles. The molecule has 0 bridgehead atoms. The number of thioether (sulfide) groups is 1. The van der Waals surface area contributed by atoms with Gasteiger partial charge in [0.25, 0.3) is 5.56 Å². The number of imidazole rings is 1. The van der Waals surface area contributed by atoms with E-state index in [1.807, 2.05) is 0 Å². The van der Waals surface area contributed by atoms with Crippen LogP contribution in [0.1, 0.15) is 11.4 Å². The minimum absolute atomic E-state index is 0.0120. The number of nitrogens with zero attached hydrogens (tertiary/aromatic N) is 6. The van der Waals surface area contributed by atoms with E-state index in [2.05, 4.69) is 19.9 Å². The van der Waals surface area contributed by atoms with E-state index < -0.39 is 30.0 Å². The molecule has 0 saturated heterocycles. The SMILES string of the molecule is Nc1ncnc2nc(SCc3nc4ccccc4c(=O)n3-c3cccc(C(F)(F)F)c3)n(CC(O)CO)c12. The zero-order chi connectivity index (χ0) is 27.0. The highest BCUT2D eigenvalue weighted by Crippen LogP contribution is 2.32. The number of aliphatic hydroxyl groups excluding tert-OH is 2. The summed E-state index contributed by atoms with van der Waals surface area (Å²) in [6.07, 6.45) is -4.49. The number of hydrogen-bond acceptors (Lipinski definition) is 9. The van der Waals surface area contributed by atoms with Crippen LogP contribution in [0.5, 0.6) is 0 Å². The summed E-state index contributed by atoms with van der Waals surface area (Å²) in [4.78, 5) is 30.6. The predicted octanol–water partition coefficient (Wildman–Crippen LogP) is 2.77. The van der Waals surface area contributed by atoms with E-state index in [-0.39, 0.29) is 40.7 Å². The van der Waals surface area contributed by atoms with Crippen molar-refractivity contribution in [3.63, 3.8) is 0 Å². The van der Waals surface area contributed by atoms with Crippen molar-refractivity contribution in [1.29, 1.82) is 0 Å². The summed E-state index contributed by atoms with van der Waals surface area (Å²) in [5.74, 6) is 0.310. The number of aliphatic hydroxyl groups is 2. The number of nitrogens with two attached hydrogens (primary N) is 1. The Bertz CT molecular complexity index is 1700. The van der Waals surface area contributed by atoms with Gasteiger partial charge in [0.05, 0.1) is 47.2 Å². The van der Waals surface area contributed by atoms with E-state index in [1.165, 1.54) is 18.5 Å². The van der Waals surface area contributed by atoms with Crippen LogP contribution < -0.4 is 11.3 Å². The van der Waals surface area contributed by atoms with Crippen LogP contribution in [0.4, 0.5) is 19.0 Å². The third kappa shape index (κ3) is 4.80. The van der Waals surface area contributed by atoms with Crippen molar-refractivity contribution in [2.24, 2.45) is 0 Å². The van der Waals surface area contributed by atoms with Crippen molar-refractivity contribution >= 4 is 39.6 Å². The van der Waals surface area contributed by atoms with Crippen molar-refractivity contribution in [3.8, 4) is 5.69 Å². The first-order chi connectivity index (χ1) is 18.2. The van der Waals surface area contributed by atoms with E-state index in [0.717, 1.165) is 28.5 Å². The van der Waals surface area contributed by atoms with Gasteiger partial charge in [-0.05, 0) is 30.3 Å². The van der Waals surface area contributed by atoms with Gasteiger partial charge in [-0.15, -0.1) is 0 Å². The molecule has 0 radical (unpaired) electrons. The van der Waals surface area contributed by atoms with Gasteiger partial charge in [-0.3, -0.25) is 9.36 Å². The van der Waals surface area contributed by atoms with E-state index in [9.17, 15) is 28.2 Å². The lowest BCUT2D eigenvalue weighted by atomic mass is 10.2. The van der Waals surface area contributed by atoms with Crippen molar-refractivity contribution in [3.05, 3.63) is 76.6 Å². The minimum Gasteiger partial charge on any atom is -0.394 e. The summed E-state index contributed by atoms with van der Waals surface area (Å²) >= 11 is 1.11. The quantitative estimate of drug-likeness (QED) is 0.264. The number of hydrogen-bond donors (Lipinski definition) is 3. The van der Waals surface area contributed by atoms with Crippen molar-refractivity contribution in [2.75, 3.05) is 12.3 Å². The van der Waals surface area contributed by atoms with Crippen LogP contribution in [0.25, 0.3) is 27.8 Å². The van der Waals surface area contributed by atoms with Crippen LogP contribution in [0.3, 0.4) is 0 Å². The molecule has 0 saturated carbocycles. The summed E-state index contributed by atoms with van der Waals surface area (Å²) < 4.78 is 43.0. The Morgan fingerprint density at radius 3 is 2.63 bits per heavy atom. The van der Waals surface area contributed by atoms with E-state index in [0.29, 0.717) is 16.2 Å². The number of alkyl halides is 3. The third-order valence-corrected chi connectivity index (χ3v) is 6.72. The molecule has 1 unspecified atom stereocenters. The van der Waals surface area contributed by atoms with Crippen LogP contribution in [0, 0.1) is 0 Å². The summed E-state index contributed by atoms with van der Waals surface area (Å²) in [6, 6.07) is 11.0. The highest BCUT2D eigenvalue weighted by molar-refractivity contribution is 7.98. The molecule has 0 aliphatic heterocycles.